The largest absolute Gasteiger partial charge is 0.370 e. The molecular weight excluding hydrogens is 281 g/mol. The van der Waals surface area contributed by atoms with Gasteiger partial charge in [0.1, 0.15) is 5.82 Å². The van der Waals surface area contributed by atoms with E-state index in [1.807, 2.05) is 11.9 Å². The lowest BCUT2D eigenvalue weighted by Gasteiger charge is -2.16. The fourth-order valence-electron chi connectivity index (χ4n) is 1.83. The highest BCUT2D eigenvalue weighted by Crippen LogP contribution is 2.25. The van der Waals surface area contributed by atoms with E-state index in [4.69, 9.17) is 5.73 Å². The van der Waals surface area contributed by atoms with Crippen LogP contribution >= 0.6 is 0 Å². The SMILES string of the molecule is CN(C(N)=NCc1cc(S(C)(=O)=O)ccc1F)C1CC1. The second-order valence-corrected chi connectivity index (χ2v) is 7.06. The minimum Gasteiger partial charge on any atom is -0.370 e. The van der Waals surface area contributed by atoms with Gasteiger partial charge in [0.05, 0.1) is 11.4 Å². The van der Waals surface area contributed by atoms with Crippen molar-refractivity contribution in [2.24, 2.45) is 10.7 Å². The van der Waals surface area contributed by atoms with E-state index in [-0.39, 0.29) is 17.0 Å². The number of sulfone groups is 1. The first-order valence-electron chi connectivity index (χ1n) is 6.30. The van der Waals surface area contributed by atoms with Crippen LogP contribution in [0.15, 0.2) is 28.1 Å². The average Bonchev–Trinajstić information content (AvgIpc) is 3.19. The van der Waals surface area contributed by atoms with Crippen LogP contribution in [-0.2, 0) is 16.4 Å². The van der Waals surface area contributed by atoms with Crippen molar-refractivity contribution in [2.75, 3.05) is 13.3 Å². The monoisotopic (exact) mass is 299 g/mol. The number of nitrogens with zero attached hydrogens (tertiary/aromatic N) is 2. The minimum absolute atomic E-state index is 0.0259. The Morgan fingerprint density at radius 2 is 2.15 bits per heavy atom. The standard InChI is InChI=1S/C13H18FN3O2S/c1-17(10-3-4-10)13(15)16-8-9-7-11(20(2,18)19)5-6-12(9)14/h5-7,10H,3-4,8H2,1-2H3,(H2,15,16). The highest BCUT2D eigenvalue weighted by molar-refractivity contribution is 7.90. The number of benzene rings is 1. The molecule has 5 nitrogen and oxygen atoms in total. The van der Waals surface area contributed by atoms with Crippen molar-refractivity contribution in [1.82, 2.24) is 4.90 Å². The van der Waals surface area contributed by atoms with Gasteiger partial charge in [-0.15, -0.1) is 0 Å². The van der Waals surface area contributed by atoms with Crippen molar-refractivity contribution in [2.45, 2.75) is 30.3 Å². The molecule has 0 radical (unpaired) electrons. The summed E-state index contributed by atoms with van der Waals surface area (Å²) < 4.78 is 36.6. The van der Waals surface area contributed by atoms with Gasteiger partial charge >= 0.3 is 0 Å². The third-order valence-corrected chi connectivity index (χ3v) is 4.42. The molecule has 1 aromatic rings. The molecule has 1 aromatic carbocycles. The number of aliphatic imine (C=N–C) groups is 1. The highest BCUT2D eigenvalue weighted by Gasteiger charge is 2.27. The molecule has 2 rings (SSSR count). The van der Waals surface area contributed by atoms with Crippen LogP contribution in [0.5, 0.6) is 0 Å². The zero-order chi connectivity index (χ0) is 14.9. The summed E-state index contributed by atoms with van der Waals surface area (Å²) in [4.78, 5) is 6.07. The lowest BCUT2D eigenvalue weighted by molar-refractivity contribution is 0.487. The fourth-order valence-corrected chi connectivity index (χ4v) is 2.50. The summed E-state index contributed by atoms with van der Waals surface area (Å²) in [5.74, 6) is -0.139. The second kappa shape index (κ2) is 5.40. The van der Waals surface area contributed by atoms with E-state index in [1.165, 1.54) is 12.1 Å². The van der Waals surface area contributed by atoms with E-state index in [9.17, 15) is 12.8 Å². The predicted octanol–water partition coefficient (Wildman–Crippen LogP) is 1.14. The molecule has 0 unspecified atom stereocenters. The summed E-state index contributed by atoms with van der Waals surface area (Å²) in [6.45, 7) is 0.0259. The lowest BCUT2D eigenvalue weighted by Crippen LogP contribution is -2.35. The van der Waals surface area contributed by atoms with Crippen LogP contribution in [0.3, 0.4) is 0 Å². The molecule has 1 aliphatic rings. The maximum absolute atomic E-state index is 13.7. The van der Waals surface area contributed by atoms with E-state index in [2.05, 4.69) is 4.99 Å². The number of halogens is 1. The normalized spacial score (nSPS) is 16.2. The maximum Gasteiger partial charge on any atom is 0.191 e. The Kier molecular flexibility index (Phi) is 3.99. The third kappa shape index (κ3) is 3.47. The molecule has 7 heteroatoms. The van der Waals surface area contributed by atoms with Crippen molar-refractivity contribution < 1.29 is 12.8 Å². The molecule has 0 saturated heterocycles. The Morgan fingerprint density at radius 3 is 2.70 bits per heavy atom. The Balaban J connectivity index is 2.18. The molecule has 0 bridgehead atoms. The molecule has 1 fully saturated rings. The van der Waals surface area contributed by atoms with Crippen LogP contribution in [0.2, 0.25) is 0 Å². The van der Waals surface area contributed by atoms with Crippen LogP contribution in [0.4, 0.5) is 4.39 Å². The molecule has 0 atom stereocenters. The van der Waals surface area contributed by atoms with Gasteiger partial charge in [0.25, 0.3) is 0 Å². The van der Waals surface area contributed by atoms with Gasteiger partial charge in [0.2, 0.25) is 0 Å². The summed E-state index contributed by atoms with van der Waals surface area (Å²) in [5.41, 5.74) is 6.04. The van der Waals surface area contributed by atoms with E-state index in [0.29, 0.717) is 12.0 Å². The van der Waals surface area contributed by atoms with Gasteiger partial charge < -0.3 is 10.6 Å². The van der Waals surface area contributed by atoms with Crippen LogP contribution < -0.4 is 5.73 Å². The Hall–Kier alpha value is -1.63. The zero-order valence-corrected chi connectivity index (χ0v) is 12.3. The summed E-state index contributed by atoms with van der Waals surface area (Å²) in [6.07, 6.45) is 3.26. The van der Waals surface area contributed by atoms with Crippen molar-refractivity contribution >= 4 is 15.8 Å². The van der Waals surface area contributed by atoms with Gasteiger partial charge in [0, 0.05) is 24.9 Å². The molecule has 110 valence electrons. The predicted molar refractivity (Wildman–Crippen MR) is 75.6 cm³/mol. The Bertz CT molecular complexity index is 639. The first-order valence-corrected chi connectivity index (χ1v) is 8.19. The highest BCUT2D eigenvalue weighted by atomic mass is 32.2. The molecule has 20 heavy (non-hydrogen) atoms. The number of hydrogen-bond donors (Lipinski definition) is 1. The van der Waals surface area contributed by atoms with Crippen molar-refractivity contribution in [3.63, 3.8) is 0 Å². The maximum atomic E-state index is 13.7. The molecule has 0 aliphatic heterocycles. The van der Waals surface area contributed by atoms with Crippen LogP contribution in [0.25, 0.3) is 0 Å². The lowest BCUT2D eigenvalue weighted by atomic mass is 10.2. The minimum atomic E-state index is -3.36. The van der Waals surface area contributed by atoms with Gasteiger partial charge in [-0.2, -0.15) is 0 Å². The number of hydrogen-bond acceptors (Lipinski definition) is 3. The van der Waals surface area contributed by atoms with Crippen LogP contribution in [0.1, 0.15) is 18.4 Å². The Morgan fingerprint density at radius 1 is 1.50 bits per heavy atom. The molecule has 2 N–H and O–H groups in total. The topological polar surface area (TPSA) is 75.8 Å². The molecule has 0 spiro atoms. The van der Waals surface area contributed by atoms with Gasteiger partial charge in [-0.1, -0.05) is 0 Å². The fraction of sp³-hybridized carbons (Fsp3) is 0.462. The van der Waals surface area contributed by atoms with Crippen LogP contribution in [0, 0.1) is 5.82 Å². The molecule has 0 heterocycles. The van der Waals surface area contributed by atoms with E-state index in [0.717, 1.165) is 25.2 Å². The molecule has 0 amide bonds. The van der Waals surface area contributed by atoms with Gasteiger partial charge in [0.15, 0.2) is 15.8 Å². The summed E-state index contributed by atoms with van der Waals surface area (Å²) >= 11 is 0. The summed E-state index contributed by atoms with van der Waals surface area (Å²) in [7, 11) is -1.51. The van der Waals surface area contributed by atoms with E-state index in [1.54, 1.807) is 0 Å². The number of nitrogens with two attached hydrogens (primary N) is 1. The second-order valence-electron chi connectivity index (χ2n) is 5.04. The van der Waals surface area contributed by atoms with Crippen molar-refractivity contribution in [3.05, 3.63) is 29.6 Å². The van der Waals surface area contributed by atoms with Crippen molar-refractivity contribution in [1.29, 1.82) is 0 Å². The number of guanidine groups is 1. The summed E-state index contributed by atoms with van der Waals surface area (Å²) in [6, 6.07) is 4.11. The van der Waals surface area contributed by atoms with E-state index >= 15 is 0 Å². The van der Waals surface area contributed by atoms with Gasteiger partial charge in [-0.25, -0.2) is 17.8 Å². The first-order chi connectivity index (χ1) is 9.29. The Labute approximate surface area is 118 Å². The van der Waals surface area contributed by atoms with Gasteiger partial charge in [-0.3, -0.25) is 0 Å². The molecule has 1 aliphatic carbocycles. The quantitative estimate of drug-likeness (QED) is 0.514. The van der Waals surface area contributed by atoms with Crippen LogP contribution in [-0.4, -0.2) is 38.6 Å². The third-order valence-electron chi connectivity index (χ3n) is 3.31. The smallest absolute Gasteiger partial charge is 0.191 e. The van der Waals surface area contributed by atoms with Crippen molar-refractivity contribution in [3.8, 4) is 0 Å². The molecule has 0 aromatic heterocycles. The first kappa shape index (κ1) is 14.8. The zero-order valence-electron chi connectivity index (χ0n) is 11.5. The van der Waals surface area contributed by atoms with Gasteiger partial charge in [-0.05, 0) is 31.0 Å². The summed E-state index contributed by atoms with van der Waals surface area (Å²) in [5, 5.41) is 0. The van der Waals surface area contributed by atoms with E-state index < -0.39 is 15.7 Å². The molecular formula is C13H18FN3O2S. The number of rotatable bonds is 4. The average molecular weight is 299 g/mol. The molecule has 1 saturated carbocycles.